The second-order valence-corrected chi connectivity index (χ2v) is 8.78. The highest BCUT2D eigenvalue weighted by molar-refractivity contribution is 5.81. The summed E-state index contributed by atoms with van der Waals surface area (Å²) < 4.78 is 0. The number of benzene rings is 1. The smallest absolute Gasteiger partial charge is 0.223 e. The van der Waals surface area contributed by atoms with Crippen LogP contribution in [-0.4, -0.2) is 49.5 Å². The average molecular weight is 399 g/mol. The fourth-order valence-corrected chi connectivity index (χ4v) is 4.69. The van der Waals surface area contributed by atoms with E-state index in [1.807, 2.05) is 11.0 Å². The minimum atomic E-state index is 0.283. The molecule has 29 heavy (non-hydrogen) atoms. The number of rotatable bonds is 9. The summed E-state index contributed by atoms with van der Waals surface area (Å²) in [5.74, 6) is 1.54. The molecule has 0 aromatic heterocycles. The van der Waals surface area contributed by atoms with Crippen molar-refractivity contribution in [3.05, 3.63) is 35.9 Å². The normalized spacial score (nSPS) is 21.6. The van der Waals surface area contributed by atoms with Crippen molar-refractivity contribution >= 4 is 11.9 Å². The van der Waals surface area contributed by atoms with Gasteiger partial charge in [-0.15, -0.1) is 0 Å². The maximum atomic E-state index is 12.4. The topological polar surface area (TPSA) is 56.7 Å². The first kappa shape index (κ1) is 21.7. The van der Waals surface area contributed by atoms with E-state index in [4.69, 9.17) is 4.99 Å². The summed E-state index contributed by atoms with van der Waals surface area (Å²) in [5.41, 5.74) is 1.69. The van der Waals surface area contributed by atoms with E-state index < -0.39 is 0 Å². The molecule has 1 heterocycles. The van der Waals surface area contributed by atoms with Gasteiger partial charge in [0.05, 0.1) is 0 Å². The summed E-state index contributed by atoms with van der Waals surface area (Å²) in [7, 11) is 0. The monoisotopic (exact) mass is 398 g/mol. The SMILES string of the molecule is CCNC(=NCC1(CC)CCCC1)NCC1CC(=O)N(CCc2ccccc2)C1. The lowest BCUT2D eigenvalue weighted by molar-refractivity contribution is -0.127. The van der Waals surface area contributed by atoms with Crippen molar-refractivity contribution < 1.29 is 4.79 Å². The predicted molar refractivity (Wildman–Crippen MR) is 120 cm³/mol. The predicted octanol–water partition coefficient (Wildman–Crippen LogP) is 3.60. The molecule has 0 bridgehead atoms. The molecule has 1 atom stereocenters. The molecule has 1 amide bonds. The third-order valence-electron chi connectivity index (χ3n) is 6.70. The number of nitrogens with one attached hydrogen (secondary N) is 2. The van der Waals surface area contributed by atoms with Gasteiger partial charge in [0.1, 0.15) is 0 Å². The van der Waals surface area contributed by atoms with Crippen molar-refractivity contribution in [3.63, 3.8) is 0 Å². The van der Waals surface area contributed by atoms with Crippen molar-refractivity contribution in [2.24, 2.45) is 16.3 Å². The summed E-state index contributed by atoms with van der Waals surface area (Å²) in [6.07, 6.45) is 8.08. The number of hydrogen-bond acceptors (Lipinski definition) is 2. The van der Waals surface area contributed by atoms with E-state index in [-0.39, 0.29) is 5.91 Å². The Balaban J connectivity index is 1.47. The van der Waals surface area contributed by atoms with Gasteiger partial charge >= 0.3 is 0 Å². The van der Waals surface area contributed by atoms with Crippen LogP contribution in [0.25, 0.3) is 0 Å². The third kappa shape index (κ3) is 6.22. The molecule has 0 spiro atoms. The number of guanidine groups is 1. The molecule has 5 heteroatoms. The summed E-state index contributed by atoms with van der Waals surface area (Å²) in [5, 5.41) is 6.88. The number of carbonyl (C=O) groups excluding carboxylic acids is 1. The first-order valence-electron chi connectivity index (χ1n) is 11.5. The Morgan fingerprint density at radius 1 is 1.17 bits per heavy atom. The van der Waals surface area contributed by atoms with Gasteiger partial charge in [-0.1, -0.05) is 50.1 Å². The van der Waals surface area contributed by atoms with E-state index >= 15 is 0 Å². The zero-order valence-corrected chi connectivity index (χ0v) is 18.3. The fourth-order valence-electron chi connectivity index (χ4n) is 4.69. The zero-order chi connectivity index (χ0) is 20.5. The highest BCUT2D eigenvalue weighted by atomic mass is 16.2. The van der Waals surface area contributed by atoms with Crippen LogP contribution in [0.1, 0.15) is 57.9 Å². The Hall–Kier alpha value is -2.04. The van der Waals surface area contributed by atoms with Gasteiger partial charge < -0.3 is 15.5 Å². The van der Waals surface area contributed by atoms with Crippen molar-refractivity contribution in [2.45, 2.75) is 58.8 Å². The van der Waals surface area contributed by atoms with Gasteiger partial charge in [-0.3, -0.25) is 9.79 Å². The molecule has 1 aromatic carbocycles. The number of aliphatic imine (C=N–C) groups is 1. The Bertz CT molecular complexity index is 667. The largest absolute Gasteiger partial charge is 0.357 e. The molecule has 1 aromatic rings. The first-order valence-corrected chi connectivity index (χ1v) is 11.5. The maximum absolute atomic E-state index is 12.4. The number of nitrogens with zero attached hydrogens (tertiary/aromatic N) is 2. The Kier molecular flexibility index (Phi) is 7.96. The molecular weight excluding hydrogens is 360 g/mol. The maximum Gasteiger partial charge on any atom is 0.223 e. The highest BCUT2D eigenvalue weighted by Crippen LogP contribution is 2.41. The molecule has 2 aliphatic rings. The Morgan fingerprint density at radius 3 is 2.62 bits per heavy atom. The van der Waals surface area contributed by atoms with Crippen molar-refractivity contribution in [1.29, 1.82) is 0 Å². The minimum Gasteiger partial charge on any atom is -0.357 e. The molecule has 2 fully saturated rings. The van der Waals surface area contributed by atoms with Crippen LogP contribution in [0.2, 0.25) is 0 Å². The molecule has 1 aliphatic heterocycles. The number of carbonyl (C=O) groups is 1. The Morgan fingerprint density at radius 2 is 1.93 bits per heavy atom. The van der Waals surface area contributed by atoms with Crippen LogP contribution in [0.3, 0.4) is 0 Å². The van der Waals surface area contributed by atoms with Gasteiger partial charge in [0, 0.05) is 45.1 Å². The Labute approximate surface area is 176 Å². The van der Waals surface area contributed by atoms with Crippen molar-refractivity contribution in [3.8, 4) is 0 Å². The molecule has 1 saturated heterocycles. The quantitative estimate of drug-likeness (QED) is 0.494. The second kappa shape index (κ2) is 10.7. The van der Waals surface area contributed by atoms with Crippen LogP contribution in [0.4, 0.5) is 0 Å². The van der Waals surface area contributed by atoms with Crippen LogP contribution >= 0.6 is 0 Å². The summed E-state index contributed by atoms with van der Waals surface area (Å²) in [6.45, 7) is 8.63. The van der Waals surface area contributed by atoms with E-state index in [2.05, 4.69) is 48.7 Å². The van der Waals surface area contributed by atoms with Crippen molar-refractivity contribution in [1.82, 2.24) is 15.5 Å². The van der Waals surface area contributed by atoms with E-state index in [9.17, 15) is 4.79 Å². The van der Waals surface area contributed by atoms with E-state index in [1.165, 1.54) is 37.7 Å². The zero-order valence-electron chi connectivity index (χ0n) is 18.3. The number of likely N-dealkylation sites (tertiary alicyclic amines) is 1. The molecule has 5 nitrogen and oxygen atoms in total. The van der Waals surface area contributed by atoms with Gasteiger partial charge in [0.15, 0.2) is 5.96 Å². The van der Waals surface area contributed by atoms with Crippen LogP contribution in [-0.2, 0) is 11.2 Å². The number of hydrogen-bond donors (Lipinski definition) is 2. The van der Waals surface area contributed by atoms with E-state index in [0.717, 1.165) is 45.1 Å². The fraction of sp³-hybridized carbons (Fsp3) is 0.667. The molecule has 1 unspecified atom stereocenters. The van der Waals surface area contributed by atoms with Crippen LogP contribution < -0.4 is 10.6 Å². The molecule has 2 N–H and O–H groups in total. The van der Waals surface area contributed by atoms with Crippen LogP contribution in [0, 0.1) is 11.3 Å². The van der Waals surface area contributed by atoms with Gasteiger partial charge in [-0.25, -0.2) is 0 Å². The molecule has 160 valence electrons. The molecule has 3 rings (SSSR count). The molecule has 1 saturated carbocycles. The minimum absolute atomic E-state index is 0.283. The molecular formula is C24H38N4O. The summed E-state index contributed by atoms with van der Waals surface area (Å²) >= 11 is 0. The standard InChI is InChI=1S/C24H38N4O/c1-3-24(13-8-9-14-24)19-27-23(25-4-2)26-17-21-16-22(29)28(18-21)15-12-20-10-6-5-7-11-20/h5-7,10-11,21H,3-4,8-9,12-19H2,1-2H3,(H2,25,26,27). The summed E-state index contributed by atoms with van der Waals surface area (Å²) in [6, 6.07) is 10.4. The van der Waals surface area contributed by atoms with Gasteiger partial charge in [-0.2, -0.15) is 0 Å². The second-order valence-electron chi connectivity index (χ2n) is 8.78. The third-order valence-corrected chi connectivity index (χ3v) is 6.70. The first-order chi connectivity index (χ1) is 14.1. The molecule has 1 aliphatic carbocycles. The summed E-state index contributed by atoms with van der Waals surface area (Å²) in [4.78, 5) is 19.3. The lowest BCUT2D eigenvalue weighted by Gasteiger charge is -2.26. The van der Waals surface area contributed by atoms with E-state index in [0.29, 0.717) is 17.8 Å². The average Bonchev–Trinajstić information content (AvgIpc) is 3.36. The van der Waals surface area contributed by atoms with Gasteiger partial charge in [0.2, 0.25) is 5.91 Å². The van der Waals surface area contributed by atoms with E-state index in [1.54, 1.807) is 0 Å². The van der Waals surface area contributed by atoms with Crippen molar-refractivity contribution in [2.75, 3.05) is 32.7 Å². The number of amides is 1. The lowest BCUT2D eigenvalue weighted by Crippen LogP contribution is -2.41. The van der Waals surface area contributed by atoms with Crippen LogP contribution in [0.5, 0.6) is 0 Å². The van der Waals surface area contributed by atoms with Crippen LogP contribution in [0.15, 0.2) is 35.3 Å². The lowest BCUT2D eigenvalue weighted by atomic mass is 9.84. The van der Waals surface area contributed by atoms with Gasteiger partial charge in [0.25, 0.3) is 0 Å². The molecule has 0 radical (unpaired) electrons. The van der Waals surface area contributed by atoms with Gasteiger partial charge in [-0.05, 0) is 43.6 Å². The highest BCUT2D eigenvalue weighted by Gasteiger charge is 2.32.